The zero-order chi connectivity index (χ0) is 39.9. The van der Waals surface area contributed by atoms with E-state index in [9.17, 15) is 22.8 Å². The second kappa shape index (κ2) is 16.0. The summed E-state index contributed by atoms with van der Waals surface area (Å²) in [7, 11) is -2.25. The second-order valence-corrected chi connectivity index (χ2v) is 19.2. The molecule has 4 aliphatic rings. The molecule has 302 valence electrons. The fraction of sp³-hybridized carbons (Fsp3) is 0.585. The molecule has 0 spiro atoms. The third-order valence-corrected chi connectivity index (χ3v) is 13.9. The van der Waals surface area contributed by atoms with Gasteiger partial charge in [-0.25, -0.2) is 18.4 Å². The maximum absolute atomic E-state index is 14.5. The van der Waals surface area contributed by atoms with E-state index < -0.39 is 56.8 Å². The van der Waals surface area contributed by atoms with E-state index in [0.717, 1.165) is 40.9 Å². The summed E-state index contributed by atoms with van der Waals surface area (Å²) in [5, 5.41) is 5.87. The van der Waals surface area contributed by atoms with Crippen LogP contribution in [0.5, 0.6) is 11.5 Å². The lowest BCUT2D eigenvalue weighted by Crippen LogP contribution is -2.57. The van der Waals surface area contributed by atoms with Crippen LogP contribution in [0.1, 0.15) is 96.2 Å². The number of nitrogens with one attached hydrogen (secondary N) is 2. The number of pyridine rings is 1. The molecule has 1 aromatic carbocycles. The number of sulfonamides is 1. The molecule has 0 radical (unpaired) electrons. The number of nitrogens with zero attached hydrogens (tertiary/aromatic N) is 3. The van der Waals surface area contributed by atoms with Gasteiger partial charge in [0.05, 0.1) is 30.1 Å². The SMILES string of the molecule is COc1ccc2c(O[C@@H]3C[C@H]4C(=O)N[C@]5(C(=O)NS(=O)(=O)C6CC6)C[C@H]5/C=C\CCCCO[C@H](CC(C)C)C(=O)N4C3)cc(-c3nc(C(C)C)cs3)nc2c1C. The van der Waals surface area contributed by atoms with E-state index in [1.165, 1.54) is 16.2 Å². The number of aryl methyl sites for hydroxylation is 1. The fourth-order valence-electron chi connectivity index (χ4n) is 7.70. The van der Waals surface area contributed by atoms with E-state index >= 15 is 0 Å². The largest absolute Gasteiger partial charge is 0.496 e. The van der Waals surface area contributed by atoms with Gasteiger partial charge in [0.25, 0.3) is 11.8 Å². The van der Waals surface area contributed by atoms with Gasteiger partial charge in [0, 0.05) is 41.3 Å². The third-order valence-electron chi connectivity index (χ3n) is 11.2. The average molecular weight is 808 g/mol. The van der Waals surface area contributed by atoms with Crippen LogP contribution in [-0.2, 0) is 29.1 Å². The van der Waals surface area contributed by atoms with Crippen molar-refractivity contribution in [2.75, 3.05) is 20.3 Å². The summed E-state index contributed by atoms with van der Waals surface area (Å²) < 4.78 is 46.7. The maximum Gasteiger partial charge on any atom is 0.259 e. The van der Waals surface area contributed by atoms with E-state index in [2.05, 4.69) is 23.9 Å². The molecule has 13 nitrogen and oxygen atoms in total. The number of aromatic nitrogens is 2. The zero-order valence-corrected chi connectivity index (χ0v) is 34.6. The first-order valence-electron chi connectivity index (χ1n) is 19.8. The van der Waals surface area contributed by atoms with Gasteiger partial charge in [-0.1, -0.05) is 39.8 Å². The van der Waals surface area contributed by atoms with Crippen LogP contribution in [0.2, 0.25) is 0 Å². The predicted octanol–water partition coefficient (Wildman–Crippen LogP) is 5.80. The van der Waals surface area contributed by atoms with Crippen LogP contribution in [0.4, 0.5) is 0 Å². The third kappa shape index (κ3) is 8.31. The smallest absolute Gasteiger partial charge is 0.259 e. The molecule has 2 saturated carbocycles. The Kier molecular flexibility index (Phi) is 11.5. The number of ether oxygens (including phenoxy) is 3. The van der Waals surface area contributed by atoms with Gasteiger partial charge in [-0.3, -0.25) is 19.1 Å². The van der Waals surface area contributed by atoms with Crippen LogP contribution in [-0.4, -0.2) is 90.3 Å². The van der Waals surface area contributed by atoms with Crippen molar-refractivity contribution in [3.05, 3.63) is 47.0 Å². The molecule has 3 fully saturated rings. The minimum Gasteiger partial charge on any atom is -0.496 e. The normalized spacial score (nSPS) is 26.6. The summed E-state index contributed by atoms with van der Waals surface area (Å²) >= 11 is 1.50. The number of benzene rings is 1. The van der Waals surface area contributed by atoms with Crippen molar-refractivity contribution in [2.45, 2.75) is 121 Å². The van der Waals surface area contributed by atoms with E-state index in [1.807, 2.05) is 56.5 Å². The summed E-state index contributed by atoms with van der Waals surface area (Å²) in [6.07, 6.45) is 6.58. The van der Waals surface area contributed by atoms with E-state index in [-0.39, 0.29) is 37.1 Å². The Hall–Kier alpha value is -4.08. The van der Waals surface area contributed by atoms with Crippen LogP contribution in [0.25, 0.3) is 21.6 Å². The number of rotatable bonds is 10. The highest BCUT2D eigenvalue weighted by Crippen LogP contribution is 2.46. The highest BCUT2D eigenvalue weighted by molar-refractivity contribution is 7.91. The molecule has 3 amide bonds. The Morgan fingerprint density at radius 3 is 2.62 bits per heavy atom. The number of amides is 3. The zero-order valence-electron chi connectivity index (χ0n) is 33.0. The second-order valence-electron chi connectivity index (χ2n) is 16.4. The van der Waals surface area contributed by atoms with Crippen LogP contribution in [0.15, 0.2) is 35.7 Å². The number of thiazole rings is 1. The summed E-state index contributed by atoms with van der Waals surface area (Å²) in [6.45, 7) is 10.7. The lowest BCUT2D eigenvalue weighted by Gasteiger charge is -2.30. The average Bonchev–Trinajstić information content (AvgIpc) is 4.03. The van der Waals surface area contributed by atoms with Gasteiger partial charge >= 0.3 is 0 Å². The summed E-state index contributed by atoms with van der Waals surface area (Å²) in [6, 6.07) is 4.62. The van der Waals surface area contributed by atoms with Crippen molar-refractivity contribution in [2.24, 2.45) is 11.8 Å². The van der Waals surface area contributed by atoms with Crippen LogP contribution in [0, 0.1) is 18.8 Å². The molecule has 2 aliphatic carbocycles. The van der Waals surface area contributed by atoms with Crippen molar-refractivity contribution in [1.82, 2.24) is 24.9 Å². The molecule has 15 heteroatoms. The first-order valence-corrected chi connectivity index (χ1v) is 22.2. The fourth-order valence-corrected chi connectivity index (χ4v) is 10.0. The first kappa shape index (κ1) is 40.1. The first-order chi connectivity index (χ1) is 26.7. The Balaban J connectivity index is 1.24. The Morgan fingerprint density at radius 1 is 1.14 bits per heavy atom. The predicted molar refractivity (Wildman–Crippen MR) is 214 cm³/mol. The monoisotopic (exact) mass is 807 g/mol. The molecular weight excluding hydrogens is 755 g/mol. The number of hydrogen-bond donors (Lipinski definition) is 2. The topological polar surface area (TPSA) is 166 Å². The van der Waals surface area contributed by atoms with Gasteiger partial charge < -0.3 is 24.4 Å². The van der Waals surface area contributed by atoms with Crippen molar-refractivity contribution in [3.63, 3.8) is 0 Å². The molecule has 2 aromatic heterocycles. The van der Waals surface area contributed by atoms with Crippen molar-refractivity contribution in [1.29, 1.82) is 0 Å². The number of carbonyl (C=O) groups is 3. The summed E-state index contributed by atoms with van der Waals surface area (Å²) in [5.74, 6) is -0.398. The van der Waals surface area contributed by atoms with Crippen LogP contribution < -0.4 is 19.5 Å². The molecular formula is C41H53N5O8S2. The lowest BCUT2D eigenvalue weighted by atomic mass is 10.0. The van der Waals surface area contributed by atoms with Crippen molar-refractivity contribution in [3.8, 4) is 22.2 Å². The molecule has 4 heterocycles. The van der Waals surface area contributed by atoms with Crippen molar-refractivity contribution < 1.29 is 37.0 Å². The van der Waals surface area contributed by atoms with Crippen LogP contribution in [0.3, 0.4) is 0 Å². The van der Waals surface area contributed by atoms with Gasteiger partial charge in [0.2, 0.25) is 15.9 Å². The van der Waals surface area contributed by atoms with Gasteiger partial charge in [-0.05, 0) is 75.8 Å². The molecule has 3 aromatic rings. The Morgan fingerprint density at radius 2 is 1.93 bits per heavy atom. The minimum atomic E-state index is -3.86. The molecule has 1 saturated heterocycles. The van der Waals surface area contributed by atoms with Gasteiger partial charge in [0.15, 0.2) is 0 Å². The van der Waals surface area contributed by atoms with Gasteiger partial charge in [-0.15, -0.1) is 11.3 Å². The molecule has 2 aliphatic heterocycles. The number of carbonyl (C=O) groups excluding carboxylic acids is 3. The minimum absolute atomic E-state index is 0.0937. The highest BCUT2D eigenvalue weighted by Gasteiger charge is 2.62. The quantitative estimate of drug-likeness (QED) is 0.239. The molecule has 56 heavy (non-hydrogen) atoms. The Bertz CT molecular complexity index is 2130. The maximum atomic E-state index is 14.5. The number of fused-ring (bicyclic) bond motifs is 3. The molecule has 5 atom stereocenters. The van der Waals surface area contributed by atoms with Gasteiger partial charge in [-0.2, -0.15) is 0 Å². The number of allylic oxidation sites excluding steroid dienone is 1. The molecule has 7 rings (SSSR count). The summed E-state index contributed by atoms with van der Waals surface area (Å²) in [5.41, 5.74) is 1.67. The number of hydrogen-bond acceptors (Lipinski definition) is 11. The lowest BCUT2D eigenvalue weighted by molar-refractivity contribution is -0.149. The van der Waals surface area contributed by atoms with E-state index in [4.69, 9.17) is 24.2 Å². The van der Waals surface area contributed by atoms with Gasteiger partial charge in [0.1, 0.15) is 46.0 Å². The standard InChI is InChI=1S/C41H53N5O8S2/c1-23(2)17-35-39(48)46-21-27(54-34-19-30(38-43-31(22-55-38)24(3)4)42-36-25(5)33(52-6)15-14-29(34)36)18-32(46)37(47)44-41(40(49)45-56(50,51)28-12-13-28)20-26(41)11-9-7-8-10-16-53-35/h9,11,14-15,19,22-24,26-28,32,35H,7-8,10,12-13,16-18,20-21H2,1-6H3,(H,44,47)(H,45,49)/b11-9-/t26-,27-,32+,35-,41-/m1/s1. The molecule has 0 unspecified atom stereocenters. The molecule has 2 N–H and O–H groups in total. The van der Waals surface area contributed by atoms with Crippen LogP contribution >= 0.6 is 11.3 Å². The number of methoxy groups -OCH3 is 1. The summed E-state index contributed by atoms with van der Waals surface area (Å²) in [4.78, 5) is 54.2. The molecule has 0 bridgehead atoms. The highest BCUT2D eigenvalue weighted by atomic mass is 32.2. The Labute approximate surface area is 333 Å². The van der Waals surface area contributed by atoms with Crippen molar-refractivity contribution >= 4 is 50.0 Å². The van der Waals surface area contributed by atoms with E-state index in [1.54, 1.807) is 7.11 Å². The van der Waals surface area contributed by atoms with E-state index in [0.29, 0.717) is 48.6 Å².